The average Bonchev–Trinajstić information content (AvgIpc) is 3.15. The molecule has 1 aromatic heterocycles. The zero-order chi connectivity index (χ0) is 21.1. The molecule has 0 bridgehead atoms. The zero-order valence-electron chi connectivity index (χ0n) is 16.1. The van der Waals surface area contributed by atoms with Crippen molar-refractivity contribution in [2.45, 2.75) is 13.5 Å². The predicted molar refractivity (Wildman–Crippen MR) is 127 cm³/mol. The summed E-state index contributed by atoms with van der Waals surface area (Å²) in [6.45, 7) is 2.49. The first kappa shape index (κ1) is 20.4. The van der Waals surface area contributed by atoms with E-state index < -0.39 is 0 Å². The Labute approximate surface area is 191 Å². The highest BCUT2D eigenvalue weighted by molar-refractivity contribution is 9.11. The van der Waals surface area contributed by atoms with Gasteiger partial charge >= 0.3 is 0 Å². The van der Waals surface area contributed by atoms with Gasteiger partial charge in [-0.1, -0.05) is 36.4 Å². The molecule has 0 spiro atoms. The first-order valence-electron chi connectivity index (χ1n) is 9.28. The maximum Gasteiger partial charge on any atom is 0.149 e. The molecule has 1 heterocycles. The van der Waals surface area contributed by atoms with Crippen molar-refractivity contribution in [2.75, 3.05) is 0 Å². The highest BCUT2D eigenvalue weighted by Crippen LogP contribution is 2.36. The lowest BCUT2D eigenvalue weighted by Gasteiger charge is -2.11. The van der Waals surface area contributed by atoms with E-state index in [1.54, 1.807) is 6.08 Å². The summed E-state index contributed by atoms with van der Waals surface area (Å²) >= 11 is 7.17. The van der Waals surface area contributed by atoms with Crippen LogP contribution in [0.15, 0.2) is 69.6 Å². The molecule has 4 rings (SSSR count). The molecule has 0 amide bonds. The quantitative estimate of drug-likeness (QED) is 0.286. The first-order valence-corrected chi connectivity index (χ1v) is 10.9. The maximum atomic E-state index is 9.70. The molecule has 0 unspecified atom stereocenters. The largest absolute Gasteiger partial charge is 0.487 e. The smallest absolute Gasteiger partial charge is 0.149 e. The molecule has 0 atom stereocenters. The number of ether oxygens (including phenoxy) is 1. The van der Waals surface area contributed by atoms with Crippen molar-refractivity contribution < 1.29 is 4.74 Å². The van der Waals surface area contributed by atoms with Gasteiger partial charge in [0, 0.05) is 0 Å². The lowest BCUT2D eigenvalue weighted by Crippen LogP contribution is -1.97. The van der Waals surface area contributed by atoms with E-state index in [1.165, 1.54) is 0 Å². The van der Waals surface area contributed by atoms with Crippen LogP contribution in [0.25, 0.3) is 22.7 Å². The second-order valence-electron chi connectivity index (χ2n) is 6.86. The Bertz CT molecular complexity index is 1260. The van der Waals surface area contributed by atoms with Crippen LogP contribution in [0.2, 0.25) is 0 Å². The Morgan fingerprint density at radius 1 is 1.10 bits per heavy atom. The van der Waals surface area contributed by atoms with Crippen molar-refractivity contribution >= 4 is 54.5 Å². The predicted octanol–water partition coefficient (Wildman–Crippen LogP) is 7.04. The summed E-state index contributed by atoms with van der Waals surface area (Å²) in [5, 5.41) is 9.70. The maximum absolute atomic E-state index is 9.70. The van der Waals surface area contributed by atoms with Crippen LogP contribution in [-0.4, -0.2) is 9.97 Å². The lowest BCUT2D eigenvalue weighted by molar-refractivity contribution is 0.302. The van der Waals surface area contributed by atoms with E-state index in [4.69, 9.17) is 4.74 Å². The number of benzene rings is 3. The Kier molecular flexibility index (Phi) is 6.03. The molecule has 1 N–H and O–H groups in total. The second-order valence-corrected chi connectivity index (χ2v) is 8.57. The van der Waals surface area contributed by atoms with Crippen LogP contribution in [0, 0.1) is 18.3 Å². The van der Waals surface area contributed by atoms with Crippen LogP contribution in [0.3, 0.4) is 0 Å². The van der Waals surface area contributed by atoms with E-state index in [2.05, 4.69) is 47.9 Å². The number of H-pyrrole nitrogens is 1. The number of allylic oxidation sites excluding steroid dienone is 1. The SMILES string of the molecule is Cc1ccc2nc(/C(C#N)=C\c3cc(Br)c(OCc4ccccc4)c(Br)c3)[nH]c2c1. The Hall–Kier alpha value is -2.88. The van der Waals surface area contributed by atoms with Crippen molar-refractivity contribution in [1.82, 2.24) is 9.97 Å². The molecule has 0 fully saturated rings. The molecular weight excluding hydrogens is 506 g/mol. The fraction of sp³-hybridized carbons (Fsp3) is 0.0833. The number of fused-ring (bicyclic) bond motifs is 1. The standard InChI is InChI=1S/C24H17Br2N3O/c1-15-7-8-21-22(9-15)29-24(28-21)18(13-27)10-17-11-19(25)23(20(26)12-17)30-14-16-5-3-2-4-6-16/h2-12H,14H2,1H3,(H,28,29)/b18-10-. The molecular formula is C24H17Br2N3O. The molecule has 0 saturated heterocycles. The summed E-state index contributed by atoms with van der Waals surface area (Å²) in [7, 11) is 0. The summed E-state index contributed by atoms with van der Waals surface area (Å²) in [5.74, 6) is 1.27. The van der Waals surface area contributed by atoms with Crippen LogP contribution in [0.4, 0.5) is 0 Å². The van der Waals surface area contributed by atoms with Crippen molar-refractivity contribution in [3.05, 3.63) is 92.1 Å². The van der Waals surface area contributed by atoms with Crippen molar-refractivity contribution in [3.63, 3.8) is 0 Å². The summed E-state index contributed by atoms with van der Waals surface area (Å²) in [4.78, 5) is 7.79. The minimum atomic E-state index is 0.459. The van der Waals surface area contributed by atoms with Gasteiger partial charge in [0.15, 0.2) is 0 Å². The zero-order valence-corrected chi connectivity index (χ0v) is 19.3. The highest BCUT2D eigenvalue weighted by Gasteiger charge is 2.12. The molecule has 0 aliphatic heterocycles. The topological polar surface area (TPSA) is 61.7 Å². The molecule has 148 valence electrons. The van der Waals surface area contributed by atoms with Gasteiger partial charge in [-0.25, -0.2) is 4.98 Å². The fourth-order valence-electron chi connectivity index (χ4n) is 3.10. The summed E-state index contributed by atoms with van der Waals surface area (Å²) in [6, 6.07) is 22.1. The Morgan fingerprint density at radius 3 is 2.53 bits per heavy atom. The highest BCUT2D eigenvalue weighted by atomic mass is 79.9. The number of aromatic nitrogens is 2. The van der Waals surface area contributed by atoms with Crippen LogP contribution >= 0.6 is 31.9 Å². The molecule has 4 aromatic rings. The van der Waals surface area contributed by atoms with Crippen molar-refractivity contribution in [2.24, 2.45) is 0 Å². The van der Waals surface area contributed by atoms with E-state index in [0.717, 1.165) is 36.7 Å². The lowest BCUT2D eigenvalue weighted by atomic mass is 10.1. The fourth-order valence-corrected chi connectivity index (χ4v) is 4.55. The van der Waals surface area contributed by atoms with Gasteiger partial charge in [-0.15, -0.1) is 0 Å². The van der Waals surface area contributed by atoms with Gasteiger partial charge in [0.1, 0.15) is 24.3 Å². The van der Waals surface area contributed by atoms with Gasteiger partial charge in [-0.05, 0) is 85.8 Å². The minimum absolute atomic E-state index is 0.459. The molecule has 0 aliphatic carbocycles. The van der Waals surface area contributed by atoms with Crippen LogP contribution in [-0.2, 0) is 6.61 Å². The summed E-state index contributed by atoms with van der Waals surface area (Å²) < 4.78 is 7.58. The second kappa shape index (κ2) is 8.86. The van der Waals surface area contributed by atoms with Crippen LogP contribution < -0.4 is 4.74 Å². The first-order chi connectivity index (χ1) is 14.5. The van der Waals surface area contributed by atoms with Gasteiger partial charge in [-0.3, -0.25) is 0 Å². The van der Waals surface area contributed by atoms with E-state index in [1.807, 2.05) is 67.6 Å². The molecule has 0 aliphatic rings. The molecule has 0 radical (unpaired) electrons. The number of aromatic amines is 1. The van der Waals surface area contributed by atoms with Crippen molar-refractivity contribution in [3.8, 4) is 11.8 Å². The molecule has 0 saturated carbocycles. The van der Waals surface area contributed by atoms with E-state index in [-0.39, 0.29) is 0 Å². The number of nitriles is 1. The number of rotatable bonds is 5. The van der Waals surface area contributed by atoms with Gasteiger partial charge < -0.3 is 9.72 Å². The number of nitrogens with one attached hydrogen (secondary N) is 1. The van der Waals surface area contributed by atoms with Gasteiger partial charge in [0.05, 0.1) is 25.6 Å². The van der Waals surface area contributed by atoms with Gasteiger partial charge in [0.2, 0.25) is 0 Å². The number of aryl methyl sites for hydroxylation is 1. The molecule has 6 heteroatoms. The van der Waals surface area contributed by atoms with E-state index in [9.17, 15) is 5.26 Å². The van der Waals surface area contributed by atoms with Crippen LogP contribution in [0.1, 0.15) is 22.5 Å². The number of halogens is 2. The Balaban J connectivity index is 1.62. The number of hydrogen-bond acceptors (Lipinski definition) is 3. The third-order valence-electron chi connectivity index (χ3n) is 4.57. The van der Waals surface area contributed by atoms with Crippen LogP contribution in [0.5, 0.6) is 5.75 Å². The number of imidazole rings is 1. The third kappa shape index (κ3) is 4.48. The van der Waals surface area contributed by atoms with Gasteiger partial charge in [0.25, 0.3) is 0 Å². The average molecular weight is 523 g/mol. The number of nitrogens with zero attached hydrogens (tertiary/aromatic N) is 2. The summed E-state index contributed by atoms with van der Waals surface area (Å²) in [5.41, 5.74) is 5.29. The normalized spacial score (nSPS) is 11.5. The van der Waals surface area contributed by atoms with E-state index >= 15 is 0 Å². The van der Waals surface area contributed by atoms with Gasteiger partial charge in [-0.2, -0.15) is 5.26 Å². The molecule has 3 aromatic carbocycles. The summed E-state index contributed by atoms with van der Waals surface area (Å²) in [6.07, 6.45) is 1.81. The van der Waals surface area contributed by atoms with E-state index in [0.29, 0.717) is 23.8 Å². The molecule has 30 heavy (non-hydrogen) atoms. The minimum Gasteiger partial charge on any atom is -0.487 e. The third-order valence-corrected chi connectivity index (χ3v) is 5.75. The number of hydrogen-bond donors (Lipinski definition) is 1. The van der Waals surface area contributed by atoms with Crippen molar-refractivity contribution in [1.29, 1.82) is 5.26 Å². The monoisotopic (exact) mass is 521 g/mol. The Morgan fingerprint density at radius 2 is 1.83 bits per heavy atom. The molecule has 4 nitrogen and oxygen atoms in total.